The summed E-state index contributed by atoms with van der Waals surface area (Å²) < 4.78 is 11.2. The molecule has 0 fully saturated rings. The number of nitro groups is 1. The zero-order valence-corrected chi connectivity index (χ0v) is 17.7. The number of hydrogen-bond acceptors (Lipinski definition) is 6. The number of benzene rings is 2. The summed E-state index contributed by atoms with van der Waals surface area (Å²) in [4.78, 5) is 23.0. The average Bonchev–Trinajstić information content (AvgIpc) is 2.63. The van der Waals surface area contributed by atoms with Crippen LogP contribution in [-0.2, 0) is 0 Å². The fraction of sp³-hybridized carbons (Fsp3) is 0.222. The van der Waals surface area contributed by atoms with Gasteiger partial charge in [-0.2, -0.15) is 0 Å². The number of hydrogen-bond donors (Lipinski definition) is 2. The zero-order chi connectivity index (χ0) is 20.8. The molecule has 0 saturated carbocycles. The summed E-state index contributed by atoms with van der Waals surface area (Å²) in [6, 6.07) is 9.12. The summed E-state index contributed by atoms with van der Waals surface area (Å²) in [6.07, 6.45) is -0.00644. The van der Waals surface area contributed by atoms with E-state index in [4.69, 9.17) is 21.7 Å². The SMILES string of the molecule is COc1ccc(NC(=S)NC(=O)c2ccc(OC(C)C)c(Br)c2)c([N+](=O)[O-])c1. The number of halogens is 1. The van der Waals surface area contributed by atoms with E-state index in [1.165, 1.54) is 19.2 Å². The molecule has 10 heteroatoms. The molecule has 1 amide bonds. The van der Waals surface area contributed by atoms with Crippen LogP contribution < -0.4 is 20.1 Å². The van der Waals surface area contributed by atoms with Gasteiger partial charge in [-0.25, -0.2) is 0 Å². The van der Waals surface area contributed by atoms with E-state index < -0.39 is 10.8 Å². The van der Waals surface area contributed by atoms with Gasteiger partial charge in [0.1, 0.15) is 17.2 Å². The molecule has 8 nitrogen and oxygen atoms in total. The van der Waals surface area contributed by atoms with Crippen molar-refractivity contribution in [2.75, 3.05) is 12.4 Å². The van der Waals surface area contributed by atoms with Crippen LogP contribution in [0.15, 0.2) is 40.9 Å². The van der Waals surface area contributed by atoms with Gasteiger partial charge in [0.05, 0.1) is 28.7 Å². The highest BCUT2D eigenvalue weighted by Crippen LogP contribution is 2.29. The summed E-state index contributed by atoms with van der Waals surface area (Å²) in [6.45, 7) is 3.80. The molecular weight excluding hydrogens is 450 g/mol. The van der Waals surface area contributed by atoms with E-state index in [1.807, 2.05) is 13.8 Å². The molecule has 2 N–H and O–H groups in total. The quantitative estimate of drug-likeness (QED) is 0.371. The Bertz CT molecular complexity index is 920. The average molecular weight is 468 g/mol. The van der Waals surface area contributed by atoms with Crippen molar-refractivity contribution in [1.82, 2.24) is 5.32 Å². The first-order valence-corrected chi connectivity index (χ1v) is 9.32. The van der Waals surface area contributed by atoms with Crippen LogP contribution in [0.1, 0.15) is 24.2 Å². The minimum atomic E-state index is -0.570. The van der Waals surface area contributed by atoms with Crippen molar-refractivity contribution >= 4 is 50.5 Å². The molecule has 0 spiro atoms. The van der Waals surface area contributed by atoms with E-state index in [1.54, 1.807) is 24.3 Å². The van der Waals surface area contributed by atoms with E-state index in [0.29, 0.717) is 21.5 Å². The fourth-order valence-corrected chi connectivity index (χ4v) is 2.89. The van der Waals surface area contributed by atoms with Gasteiger partial charge < -0.3 is 14.8 Å². The third-order valence-corrected chi connectivity index (χ3v) is 4.26. The number of carbonyl (C=O) groups excluding carboxylic acids is 1. The second-order valence-electron chi connectivity index (χ2n) is 5.86. The highest BCUT2D eigenvalue weighted by atomic mass is 79.9. The maximum Gasteiger partial charge on any atom is 0.296 e. The lowest BCUT2D eigenvalue weighted by Crippen LogP contribution is -2.34. The van der Waals surface area contributed by atoms with Gasteiger partial charge >= 0.3 is 0 Å². The minimum Gasteiger partial charge on any atom is -0.496 e. The number of methoxy groups -OCH3 is 1. The lowest BCUT2D eigenvalue weighted by Gasteiger charge is -2.13. The number of nitrogens with zero attached hydrogens (tertiary/aromatic N) is 1. The number of ether oxygens (including phenoxy) is 2. The van der Waals surface area contributed by atoms with Crippen LogP contribution in [0, 0.1) is 10.1 Å². The van der Waals surface area contributed by atoms with Gasteiger partial charge in [-0.3, -0.25) is 20.2 Å². The molecule has 2 rings (SSSR count). The Morgan fingerprint density at radius 3 is 2.54 bits per heavy atom. The summed E-state index contributed by atoms with van der Waals surface area (Å²) in [7, 11) is 1.41. The fourth-order valence-electron chi connectivity index (χ4n) is 2.22. The van der Waals surface area contributed by atoms with E-state index in [2.05, 4.69) is 26.6 Å². The number of carbonyl (C=O) groups is 1. The maximum atomic E-state index is 12.4. The van der Waals surface area contributed by atoms with E-state index in [0.717, 1.165) is 0 Å². The molecular formula is C18H18BrN3O5S. The number of nitro benzene ring substituents is 1. The largest absolute Gasteiger partial charge is 0.496 e. The van der Waals surface area contributed by atoms with Crippen LogP contribution in [0.3, 0.4) is 0 Å². The third kappa shape index (κ3) is 5.64. The van der Waals surface area contributed by atoms with Gasteiger partial charge in [-0.15, -0.1) is 0 Å². The van der Waals surface area contributed by atoms with Crippen molar-refractivity contribution < 1.29 is 19.2 Å². The minimum absolute atomic E-state index is 0.00644. The molecule has 2 aromatic rings. The van der Waals surface area contributed by atoms with E-state index in [9.17, 15) is 14.9 Å². The second-order valence-corrected chi connectivity index (χ2v) is 7.12. The van der Waals surface area contributed by atoms with Crippen molar-refractivity contribution in [1.29, 1.82) is 0 Å². The lowest BCUT2D eigenvalue weighted by atomic mass is 10.2. The van der Waals surface area contributed by atoms with Crippen molar-refractivity contribution in [3.8, 4) is 11.5 Å². The molecule has 0 bridgehead atoms. The molecule has 0 atom stereocenters. The Hall–Kier alpha value is -2.72. The molecule has 0 aliphatic heterocycles. The van der Waals surface area contributed by atoms with Crippen molar-refractivity contribution in [3.05, 3.63) is 56.5 Å². The van der Waals surface area contributed by atoms with Gasteiger partial charge in [-0.05, 0) is 72.3 Å². The Labute approximate surface area is 175 Å². The summed E-state index contributed by atoms with van der Waals surface area (Å²) in [5.74, 6) is 0.479. The number of thiocarbonyl (C=S) groups is 1. The molecule has 28 heavy (non-hydrogen) atoms. The molecule has 2 aromatic carbocycles. The first-order chi connectivity index (χ1) is 13.2. The Kier molecular flexibility index (Phi) is 7.30. The normalized spacial score (nSPS) is 10.3. The lowest BCUT2D eigenvalue weighted by molar-refractivity contribution is -0.384. The van der Waals surface area contributed by atoms with Crippen LogP contribution in [0.4, 0.5) is 11.4 Å². The standard InChI is InChI=1S/C18H18BrN3O5S/c1-10(2)27-16-7-4-11(8-13(16)19)17(23)21-18(28)20-14-6-5-12(26-3)9-15(14)22(24)25/h4-10H,1-3H3,(H2,20,21,23,28). The van der Waals surface area contributed by atoms with Crippen molar-refractivity contribution in [2.45, 2.75) is 20.0 Å². The number of nitrogens with one attached hydrogen (secondary N) is 2. The maximum absolute atomic E-state index is 12.4. The molecule has 148 valence electrons. The van der Waals surface area contributed by atoms with Crippen LogP contribution in [0.2, 0.25) is 0 Å². The topological polar surface area (TPSA) is 103 Å². The first kappa shape index (κ1) is 21.6. The number of amides is 1. The third-order valence-electron chi connectivity index (χ3n) is 3.43. The number of rotatable bonds is 6. The van der Waals surface area contributed by atoms with Gasteiger partial charge in [-0.1, -0.05) is 0 Å². The van der Waals surface area contributed by atoms with Crippen LogP contribution in [0.5, 0.6) is 11.5 Å². The van der Waals surface area contributed by atoms with Gasteiger partial charge in [0, 0.05) is 5.56 Å². The predicted molar refractivity (Wildman–Crippen MR) is 113 cm³/mol. The monoisotopic (exact) mass is 467 g/mol. The molecule has 0 aromatic heterocycles. The summed E-state index contributed by atoms with van der Waals surface area (Å²) in [5.41, 5.74) is 0.253. The summed E-state index contributed by atoms with van der Waals surface area (Å²) >= 11 is 8.46. The van der Waals surface area contributed by atoms with Crippen LogP contribution in [-0.4, -0.2) is 29.2 Å². The molecule has 0 heterocycles. The molecule has 0 radical (unpaired) electrons. The highest BCUT2D eigenvalue weighted by molar-refractivity contribution is 9.10. The van der Waals surface area contributed by atoms with Crippen LogP contribution in [0.25, 0.3) is 0 Å². The molecule has 0 aliphatic carbocycles. The van der Waals surface area contributed by atoms with Crippen LogP contribution >= 0.6 is 28.1 Å². The zero-order valence-electron chi connectivity index (χ0n) is 15.3. The molecule has 0 saturated heterocycles. The smallest absolute Gasteiger partial charge is 0.296 e. The Morgan fingerprint density at radius 1 is 1.25 bits per heavy atom. The molecule has 0 aliphatic rings. The predicted octanol–water partition coefficient (Wildman–Crippen LogP) is 4.28. The highest BCUT2D eigenvalue weighted by Gasteiger charge is 2.17. The second kappa shape index (κ2) is 9.47. The van der Waals surface area contributed by atoms with E-state index in [-0.39, 0.29) is 22.6 Å². The Balaban J connectivity index is 2.10. The molecule has 0 unspecified atom stereocenters. The van der Waals surface area contributed by atoms with Gasteiger partial charge in [0.15, 0.2) is 5.11 Å². The van der Waals surface area contributed by atoms with Crippen molar-refractivity contribution in [3.63, 3.8) is 0 Å². The van der Waals surface area contributed by atoms with Gasteiger partial charge in [0.25, 0.3) is 11.6 Å². The summed E-state index contributed by atoms with van der Waals surface area (Å²) in [5, 5.41) is 16.3. The van der Waals surface area contributed by atoms with Crippen molar-refractivity contribution in [2.24, 2.45) is 0 Å². The number of anilines is 1. The van der Waals surface area contributed by atoms with Gasteiger partial charge in [0.2, 0.25) is 0 Å². The Morgan fingerprint density at radius 2 is 1.96 bits per heavy atom. The first-order valence-electron chi connectivity index (χ1n) is 8.12. The van der Waals surface area contributed by atoms with E-state index >= 15 is 0 Å².